The van der Waals surface area contributed by atoms with Gasteiger partial charge in [0.05, 0.1) is 12.0 Å². The van der Waals surface area contributed by atoms with Crippen molar-refractivity contribution in [1.82, 2.24) is 5.32 Å². The number of rotatable bonds is 5. The molecule has 6 rings (SSSR count). The van der Waals surface area contributed by atoms with Crippen LogP contribution in [-0.2, 0) is 14.3 Å². The van der Waals surface area contributed by atoms with Gasteiger partial charge < -0.3 is 19.5 Å². The molecule has 0 unspecified atom stereocenters. The smallest absolute Gasteiger partial charge is 0.310 e. The maximum atomic E-state index is 12.7. The average Bonchev–Trinajstić information content (AvgIpc) is 3.13. The van der Waals surface area contributed by atoms with E-state index in [0.29, 0.717) is 23.3 Å². The van der Waals surface area contributed by atoms with E-state index in [1.165, 1.54) is 32.1 Å². The lowest BCUT2D eigenvalue weighted by molar-refractivity contribution is -0.164. The van der Waals surface area contributed by atoms with E-state index in [9.17, 15) is 9.59 Å². The molecule has 1 heterocycles. The third kappa shape index (κ3) is 3.23. The van der Waals surface area contributed by atoms with Crippen molar-refractivity contribution in [2.45, 2.75) is 45.1 Å². The van der Waals surface area contributed by atoms with Crippen molar-refractivity contribution < 1.29 is 23.8 Å². The second-order valence-electron chi connectivity index (χ2n) is 8.97. The molecule has 4 saturated carbocycles. The molecule has 1 aromatic rings. The largest absolute Gasteiger partial charge is 0.455 e. The van der Waals surface area contributed by atoms with Gasteiger partial charge in [-0.3, -0.25) is 9.59 Å². The fraction of sp³-hybridized carbons (Fsp3) is 0.636. The fourth-order valence-corrected chi connectivity index (χ4v) is 6.09. The maximum Gasteiger partial charge on any atom is 0.310 e. The minimum absolute atomic E-state index is 0.00637. The first-order valence-corrected chi connectivity index (χ1v) is 10.4. The van der Waals surface area contributed by atoms with Crippen LogP contribution < -0.4 is 14.8 Å². The van der Waals surface area contributed by atoms with Crippen LogP contribution >= 0.6 is 0 Å². The minimum Gasteiger partial charge on any atom is -0.455 e. The van der Waals surface area contributed by atoms with E-state index in [0.717, 1.165) is 17.4 Å². The van der Waals surface area contributed by atoms with E-state index >= 15 is 0 Å². The zero-order valence-corrected chi connectivity index (χ0v) is 16.2. The first kappa shape index (κ1) is 17.8. The number of carbonyl (C=O) groups excluding carboxylic acids is 2. The lowest BCUT2D eigenvalue weighted by Gasteiger charge is -2.53. The Hall–Kier alpha value is -2.24. The van der Waals surface area contributed by atoms with Crippen LogP contribution in [0.2, 0.25) is 0 Å². The normalized spacial score (nSPS) is 32.8. The molecule has 6 nitrogen and oxygen atoms in total. The van der Waals surface area contributed by atoms with Gasteiger partial charge in [-0.05, 0) is 80.4 Å². The van der Waals surface area contributed by atoms with Gasteiger partial charge in [0.2, 0.25) is 6.79 Å². The van der Waals surface area contributed by atoms with Crippen LogP contribution in [0.4, 0.5) is 0 Å². The second-order valence-corrected chi connectivity index (χ2v) is 8.97. The summed E-state index contributed by atoms with van der Waals surface area (Å²) < 4.78 is 16.1. The van der Waals surface area contributed by atoms with E-state index in [1.807, 2.05) is 25.1 Å². The Morgan fingerprint density at radius 3 is 2.46 bits per heavy atom. The third-order valence-corrected chi connectivity index (χ3v) is 7.12. The zero-order valence-electron chi connectivity index (χ0n) is 16.2. The Morgan fingerprint density at radius 2 is 1.75 bits per heavy atom. The number of esters is 1. The highest BCUT2D eigenvalue weighted by atomic mass is 16.7. The highest BCUT2D eigenvalue weighted by Crippen LogP contribution is 2.56. The Morgan fingerprint density at radius 1 is 1.07 bits per heavy atom. The Labute approximate surface area is 164 Å². The molecule has 1 aliphatic heterocycles. The molecular weight excluding hydrogens is 358 g/mol. The molecule has 1 atom stereocenters. The molecule has 4 fully saturated rings. The standard InChI is InChI=1S/C22H27NO5/c1-12(15-2-3-18-19(9-15)28-11-27-18)23-20(24)10-26-22(25)21-16-5-13-4-14(7-16)8-17(21)6-13/h2-3,9,12-14,16-17,21H,4-8,10-11H2,1H3,(H,23,24)/t12-,13?,14?,16?,17?,21?/m1/s1. The van der Waals surface area contributed by atoms with Crippen molar-refractivity contribution in [3.05, 3.63) is 23.8 Å². The van der Waals surface area contributed by atoms with Gasteiger partial charge in [0.1, 0.15) is 0 Å². The molecule has 1 amide bonds. The predicted octanol–water partition coefficient (Wildman–Crippen LogP) is 3.21. The molecular formula is C22H27NO5. The number of fused-ring (bicyclic) bond motifs is 1. The maximum absolute atomic E-state index is 12.7. The first-order valence-electron chi connectivity index (χ1n) is 10.4. The summed E-state index contributed by atoms with van der Waals surface area (Å²) in [5, 5.41) is 2.90. The Balaban J connectivity index is 1.14. The number of benzene rings is 1. The van der Waals surface area contributed by atoms with Gasteiger partial charge in [-0.2, -0.15) is 0 Å². The topological polar surface area (TPSA) is 73.9 Å². The summed E-state index contributed by atoms with van der Waals surface area (Å²) in [6.07, 6.45) is 6.02. The van der Waals surface area contributed by atoms with E-state index in [2.05, 4.69) is 5.32 Å². The second kappa shape index (κ2) is 6.98. The van der Waals surface area contributed by atoms with E-state index in [-0.39, 0.29) is 37.2 Å². The summed E-state index contributed by atoms with van der Waals surface area (Å²) in [4.78, 5) is 25.0. The van der Waals surface area contributed by atoms with Crippen LogP contribution in [0, 0.1) is 29.6 Å². The zero-order chi connectivity index (χ0) is 19.3. The monoisotopic (exact) mass is 385 g/mol. The van der Waals surface area contributed by atoms with Gasteiger partial charge in [0.15, 0.2) is 18.1 Å². The minimum atomic E-state index is -0.276. The predicted molar refractivity (Wildman–Crippen MR) is 101 cm³/mol. The number of amides is 1. The highest BCUT2D eigenvalue weighted by Gasteiger charge is 2.51. The molecule has 6 heteroatoms. The summed E-state index contributed by atoms with van der Waals surface area (Å²) >= 11 is 0. The van der Waals surface area contributed by atoms with Crippen molar-refractivity contribution in [3.8, 4) is 11.5 Å². The van der Waals surface area contributed by atoms with Gasteiger partial charge >= 0.3 is 5.97 Å². The van der Waals surface area contributed by atoms with Gasteiger partial charge in [-0.15, -0.1) is 0 Å². The van der Waals surface area contributed by atoms with Crippen LogP contribution in [-0.4, -0.2) is 25.3 Å². The quantitative estimate of drug-likeness (QED) is 0.788. The SMILES string of the molecule is C[C@@H](NC(=O)COC(=O)C1C2CC3CC(C2)CC1C3)c1ccc2c(c1)OCO2. The average molecular weight is 385 g/mol. The number of carbonyl (C=O) groups is 2. The van der Waals surface area contributed by atoms with Crippen LogP contribution in [0.1, 0.15) is 50.6 Å². The highest BCUT2D eigenvalue weighted by molar-refractivity contribution is 5.82. The Bertz CT molecular complexity index is 763. The summed E-state index contributed by atoms with van der Waals surface area (Å²) in [5.41, 5.74) is 0.921. The molecule has 5 aliphatic rings. The lowest BCUT2D eigenvalue weighted by atomic mass is 9.52. The molecule has 0 aromatic heterocycles. The van der Waals surface area contributed by atoms with Gasteiger partial charge in [-0.1, -0.05) is 6.07 Å². The van der Waals surface area contributed by atoms with Gasteiger partial charge in [0, 0.05) is 0 Å². The van der Waals surface area contributed by atoms with Crippen LogP contribution in [0.15, 0.2) is 18.2 Å². The van der Waals surface area contributed by atoms with E-state index in [1.54, 1.807) is 0 Å². The number of hydrogen-bond acceptors (Lipinski definition) is 5. The van der Waals surface area contributed by atoms with Crippen molar-refractivity contribution in [3.63, 3.8) is 0 Å². The van der Waals surface area contributed by atoms with Crippen molar-refractivity contribution in [1.29, 1.82) is 0 Å². The molecule has 4 aliphatic carbocycles. The van der Waals surface area contributed by atoms with Gasteiger partial charge in [0.25, 0.3) is 5.91 Å². The van der Waals surface area contributed by atoms with Crippen molar-refractivity contribution in [2.75, 3.05) is 13.4 Å². The van der Waals surface area contributed by atoms with E-state index in [4.69, 9.17) is 14.2 Å². The Kier molecular flexibility index (Phi) is 4.44. The molecule has 0 saturated heterocycles. The number of hydrogen-bond donors (Lipinski definition) is 1. The summed E-state index contributed by atoms with van der Waals surface area (Å²) in [6, 6.07) is 5.40. The molecule has 0 radical (unpaired) electrons. The molecule has 150 valence electrons. The number of nitrogens with one attached hydrogen (secondary N) is 1. The fourth-order valence-electron chi connectivity index (χ4n) is 6.09. The van der Waals surface area contributed by atoms with Crippen molar-refractivity contribution in [2.24, 2.45) is 29.6 Å². The molecule has 1 N–H and O–H groups in total. The summed E-state index contributed by atoms with van der Waals surface area (Å²) in [5.74, 6) is 3.54. The van der Waals surface area contributed by atoms with Crippen LogP contribution in [0.5, 0.6) is 11.5 Å². The summed E-state index contributed by atoms with van der Waals surface area (Å²) in [7, 11) is 0. The third-order valence-electron chi connectivity index (χ3n) is 7.12. The summed E-state index contributed by atoms with van der Waals surface area (Å²) in [6.45, 7) is 1.91. The number of ether oxygens (including phenoxy) is 3. The molecule has 0 spiro atoms. The first-order chi connectivity index (χ1) is 13.6. The van der Waals surface area contributed by atoms with Gasteiger partial charge in [-0.25, -0.2) is 0 Å². The van der Waals surface area contributed by atoms with Crippen LogP contribution in [0.3, 0.4) is 0 Å². The van der Waals surface area contributed by atoms with Crippen LogP contribution in [0.25, 0.3) is 0 Å². The molecule has 28 heavy (non-hydrogen) atoms. The lowest BCUT2D eigenvalue weighted by Crippen LogP contribution is -2.48. The van der Waals surface area contributed by atoms with E-state index < -0.39 is 0 Å². The molecule has 4 bridgehead atoms. The van der Waals surface area contributed by atoms with Crippen molar-refractivity contribution >= 4 is 11.9 Å². The molecule has 1 aromatic carbocycles.